The lowest BCUT2D eigenvalue weighted by Crippen LogP contribution is -2.23. The normalized spacial score (nSPS) is 15.5. The molecule has 10 heteroatoms. The fourth-order valence-electron chi connectivity index (χ4n) is 3.20. The Morgan fingerprint density at radius 3 is 2.58 bits per heavy atom. The first-order chi connectivity index (χ1) is 14.8. The second-order valence-electron chi connectivity index (χ2n) is 6.87. The van der Waals surface area contributed by atoms with Gasteiger partial charge in [-0.3, -0.25) is 4.79 Å². The third kappa shape index (κ3) is 4.53. The molecule has 1 aromatic heterocycles. The quantitative estimate of drug-likeness (QED) is 0.586. The minimum atomic E-state index is -3.96. The molecule has 0 fully saturated rings. The zero-order valence-electron chi connectivity index (χ0n) is 16.4. The molecule has 9 nitrogen and oxygen atoms in total. The van der Waals surface area contributed by atoms with Crippen molar-refractivity contribution in [3.8, 4) is 0 Å². The molecule has 0 radical (unpaired) electrons. The van der Waals surface area contributed by atoms with E-state index in [0.717, 1.165) is 5.56 Å². The van der Waals surface area contributed by atoms with Crippen LogP contribution < -0.4 is 10.0 Å². The number of rotatable bonds is 5. The number of benzene rings is 2. The maximum absolute atomic E-state index is 12.7. The van der Waals surface area contributed by atoms with Gasteiger partial charge in [0, 0.05) is 25.2 Å². The summed E-state index contributed by atoms with van der Waals surface area (Å²) in [7, 11) is -3.96. The van der Waals surface area contributed by atoms with Crippen molar-refractivity contribution >= 4 is 33.5 Å². The van der Waals surface area contributed by atoms with Crippen LogP contribution in [0.2, 0.25) is 0 Å². The Balaban J connectivity index is 1.53. The molecule has 2 N–H and O–H groups in total. The number of carbonyl (C=O) groups excluding carboxylic acids is 2. The van der Waals surface area contributed by atoms with Crippen LogP contribution in [-0.2, 0) is 26.0 Å². The smallest absolute Gasteiger partial charge is 0.339 e. The third-order valence-electron chi connectivity index (χ3n) is 4.61. The highest BCUT2D eigenvalue weighted by Gasteiger charge is 2.28. The molecule has 1 aliphatic rings. The van der Waals surface area contributed by atoms with E-state index in [-0.39, 0.29) is 16.8 Å². The second-order valence-corrected chi connectivity index (χ2v) is 8.55. The lowest BCUT2D eigenvalue weighted by atomic mass is 9.97. The molecule has 2 heterocycles. The van der Waals surface area contributed by atoms with Crippen LogP contribution in [0, 0.1) is 0 Å². The van der Waals surface area contributed by atoms with Crippen molar-refractivity contribution < 1.29 is 22.7 Å². The Morgan fingerprint density at radius 2 is 1.84 bits per heavy atom. The number of amides is 1. The number of nitrogens with one attached hydrogen (secondary N) is 2. The first kappa shape index (κ1) is 20.5. The van der Waals surface area contributed by atoms with Crippen LogP contribution in [0.5, 0.6) is 0 Å². The van der Waals surface area contributed by atoms with Crippen LogP contribution in [-0.4, -0.2) is 30.3 Å². The van der Waals surface area contributed by atoms with Crippen LogP contribution in [0.4, 0.5) is 11.6 Å². The van der Waals surface area contributed by atoms with Gasteiger partial charge in [-0.05, 0) is 42.0 Å². The first-order valence-corrected chi connectivity index (χ1v) is 10.8. The van der Waals surface area contributed by atoms with Gasteiger partial charge in [-0.15, -0.1) is 0 Å². The van der Waals surface area contributed by atoms with Gasteiger partial charge in [-0.1, -0.05) is 18.2 Å². The average Bonchev–Trinajstić information content (AvgIpc) is 2.73. The van der Waals surface area contributed by atoms with Gasteiger partial charge in [0.05, 0.1) is 16.2 Å². The van der Waals surface area contributed by atoms with Crippen molar-refractivity contribution in [2.24, 2.45) is 0 Å². The number of esters is 1. The van der Waals surface area contributed by atoms with Gasteiger partial charge in [-0.2, -0.15) is 0 Å². The van der Waals surface area contributed by atoms with Gasteiger partial charge >= 0.3 is 5.97 Å². The average molecular weight is 438 g/mol. The summed E-state index contributed by atoms with van der Waals surface area (Å²) in [5, 5.41) is 2.57. The maximum Gasteiger partial charge on any atom is 0.339 e. The number of aromatic nitrogens is 2. The highest BCUT2D eigenvalue weighted by Crippen LogP contribution is 2.29. The van der Waals surface area contributed by atoms with E-state index in [4.69, 9.17) is 4.74 Å². The van der Waals surface area contributed by atoms with E-state index in [9.17, 15) is 18.0 Å². The molecule has 0 saturated heterocycles. The summed E-state index contributed by atoms with van der Waals surface area (Å²) in [6.45, 7) is 1.36. The van der Waals surface area contributed by atoms with Crippen molar-refractivity contribution in [1.82, 2.24) is 9.97 Å². The summed E-state index contributed by atoms with van der Waals surface area (Å²) in [5.41, 5.74) is 2.21. The number of hydrogen-bond acceptors (Lipinski definition) is 7. The molecular formula is C21H18N4O5S. The van der Waals surface area contributed by atoms with Gasteiger partial charge in [-0.25, -0.2) is 27.9 Å². The number of hydrogen-bond donors (Lipinski definition) is 2. The van der Waals surface area contributed by atoms with Crippen molar-refractivity contribution in [2.45, 2.75) is 24.3 Å². The van der Waals surface area contributed by atoms with Gasteiger partial charge in [0.1, 0.15) is 6.10 Å². The fraction of sp³-hybridized carbons (Fsp3) is 0.143. The number of cyclic esters (lactones) is 1. The Kier molecular flexibility index (Phi) is 5.38. The number of nitrogens with zero attached hydrogens (tertiary/aromatic N) is 2. The van der Waals surface area contributed by atoms with E-state index >= 15 is 0 Å². The molecule has 1 atom stereocenters. The molecule has 31 heavy (non-hydrogen) atoms. The Morgan fingerprint density at radius 1 is 1.10 bits per heavy atom. The zero-order valence-corrected chi connectivity index (χ0v) is 17.2. The minimum Gasteiger partial charge on any atom is -0.452 e. The monoisotopic (exact) mass is 438 g/mol. The van der Waals surface area contributed by atoms with Crippen LogP contribution in [0.25, 0.3) is 0 Å². The summed E-state index contributed by atoms with van der Waals surface area (Å²) >= 11 is 0. The standard InChI is InChI=1S/C21H18N4O5S/c1-13(26)23-15-6-8-16(9-7-15)31(28,29)25-21-22-11-10-18(24-21)19-12-14-4-2-3-5-17(14)20(27)30-19/h2-11,19H,12H2,1H3,(H,23,26)(H,22,24,25)/t19-/m1/s1. The molecule has 0 unspecified atom stereocenters. The van der Waals surface area contributed by atoms with E-state index in [1.807, 2.05) is 12.1 Å². The molecule has 0 saturated carbocycles. The van der Waals surface area contributed by atoms with E-state index in [1.165, 1.54) is 37.4 Å². The van der Waals surface area contributed by atoms with E-state index in [0.29, 0.717) is 23.4 Å². The summed E-state index contributed by atoms with van der Waals surface area (Å²) in [4.78, 5) is 31.5. The Bertz CT molecular complexity index is 1260. The molecule has 1 amide bonds. The summed E-state index contributed by atoms with van der Waals surface area (Å²) in [6.07, 6.45) is 1.18. The SMILES string of the molecule is CC(=O)Nc1ccc(S(=O)(=O)Nc2nccc([C@H]3Cc4ccccc4C(=O)O3)n2)cc1. The highest BCUT2D eigenvalue weighted by atomic mass is 32.2. The van der Waals surface area contributed by atoms with Gasteiger partial charge in [0.15, 0.2) is 0 Å². The van der Waals surface area contributed by atoms with Crippen LogP contribution >= 0.6 is 0 Å². The predicted molar refractivity (Wildman–Crippen MR) is 112 cm³/mol. The van der Waals surface area contributed by atoms with Gasteiger partial charge in [0.2, 0.25) is 11.9 Å². The zero-order chi connectivity index (χ0) is 22.0. The molecule has 3 aromatic rings. The number of carbonyl (C=O) groups is 2. The topological polar surface area (TPSA) is 127 Å². The van der Waals surface area contributed by atoms with Crippen molar-refractivity contribution in [1.29, 1.82) is 0 Å². The largest absolute Gasteiger partial charge is 0.452 e. The fourth-order valence-corrected chi connectivity index (χ4v) is 4.15. The van der Waals surface area contributed by atoms with E-state index < -0.39 is 22.1 Å². The van der Waals surface area contributed by atoms with Gasteiger partial charge < -0.3 is 10.1 Å². The number of anilines is 2. The van der Waals surface area contributed by atoms with E-state index in [1.54, 1.807) is 18.2 Å². The summed E-state index contributed by atoms with van der Waals surface area (Å²) in [5.74, 6) is -0.852. The molecular weight excluding hydrogens is 420 g/mol. The minimum absolute atomic E-state index is 0.0198. The van der Waals surface area contributed by atoms with Crippen molar-refractivity contribution in [3.63, 3.8) is 0 Å². The highest BCUT2D eigenvalue weighted by molar-refractivity contribution is 7.92. The second kappa shape index (κ2) is 8.15. The van der Waals surface area contributed by atoms with Gasteiger partial charge in [0.25, 0.3) is 10.0 Å². The number of sulfonamides is 1. The molecule has 158 valence electrons. The molecule has 1 aliphatic heterocycles. The molecule has 0 aliphatic carbocycles. The summed E-state index contributed by atoms with van der Waals surface area (Å²) < 4.78 is 33.1. The number of ether oxygens (including phenoxy) is 1. The molecule has 0 spiro atoms. The lowest BCUT2D eigenvalue weighted by Gasteiger charge is -2.24. The summed E-state index contributed by atoms with van der Waals surface area (Å²) in [6, 6.07) is 14.4. The van der Waals surface area contributed by atoms with Crippen molar-refractivity contribution in [2.75, 3.05) is 10.0 Å². The number of fused-ring (bicyclic) bond motifs is 1. The van der Waals surface area contributed by atoms with Crippen LogP contribution in [0.1, 0.15) is 34.6 Å². The predicted octanol–water partition coefficient (Wildman–Crippen LogP) is 2.69. The molecule has 4 rings (SSSR count). The lowest BCUT2D eigenvalue weighted by molar-refractivity contribution is -0.114. The Labute approximate surface area is 178 Å². The van der Waals surface area contributed by atoms with E-state index in [2.05, 4.69) is 20.0 Å². The molecule has 2 aromatic carbocycles. The van der Waals surface area contributed by atoms with Crippen LogP contribution in [0.15, 0.2) is 65.7 Å². The van der Waals surface area contributed by atoms with Crippen LogP contribution in [0.3, 0.4) is 0 Å². The first-order valence-electron chi connectivity index (χ1n) is 9.34. The maximum atomic E-state index is 12.7. The van der Waals surface area contributed by atoms with Crippen molar-refractivity contribution in [3.05, 3.63) is 77.6 Å². The Hall–Kier alpha value is -3.79. The molecule has 0 bridgehead atoms. The third-order valence-corrected chi connectivity index (χ3v) is 5.95.